The normalized spacial score (nSPS) is 24.1. The van der Waals surface area contributed by atoms with Crippen molar-refractivity contribution in [3.8, 4) is 23.0 Å². The minimum absolute atomic E-state index is 0.0470. The van der Waals surface area contributed by atoms with Gasteiger partial charge >= 0.3 is 6.09 Å². The van der Waals surface area contributed by atoms with Gasteiger partial charge in [0.2, 0.25) is 5.79 Å². The topological polar surface area (TPSA) is 146 Å². The summed E-state index contributed by atoms with van der Waals surface area (Å²) in [6, 6.07) is 10.2. The minimum Gasteiger partial charge on any atom is -0.496 e. The highest BCUT2D eigenvalue weighted by atomic mass is 16.7. The van der Waals surface area contributed by atoms with E-state index in [1.54, 1.807) is 29.2 Å². The number of aldehydes is 1. The van der Waals surface area contributed by atoms with Crippen LogP contribution in [-0.2, 0) is 14.3 Å². The van der Waals surface area contributed by atoms with E-state index in [0.29, 0.717) is 67.4 Å². The summed E-state index contributed by atoms with van der Waals surface area (Å²) in [5.74, 6) is 0.149. The second kappa shape index (κ2) is 20.5. The van der Waals surface area contributed by atoms with Crippen LogP contribution in [0.4, 0.5) is 4.79 Å². The first-order valence-electron chi connectivity index (χ1n) is 20.9. The van der Waals surface area contributed by atoms with E-state index in [2.05, 4.69) is 12.7 Å². The van der Waals surface area contributed by atoms with Crippen LogP contribution in [0.15, 0.2) is 65.9 Å². The molecule has 2 aromatic carbocycles. The highest BCUT2D eigenvalue weighted by molar-refractivity contribution is 6.03. The molecule has 2 N–H and O–H groups in total. The Morgan fingerprint density at radius 2 is 1.78 bits per heavy atom. The standard InChI is InChI=1S/C46H64N2O10/c1-8-21-48(44(52)54-30-45(4,5)6)41-28-38(47-56-10-3)36-26-31(15-11-13-22-49)35(16-12-14-23-50)42-37-27-34(57-33-17-19-39(53-7)32(25-33)29-51)18-20-40(37)58-46(41,43(36)42)55-24-9-2/h9,17-20,25-27,29,31,35,41-43,49-50H,2,8,10-16,21-24,28,30H2,1,3-7H3/t31-,35+,41-,42+,43+,46+/m0/s1. The Morgan fingerprint density at radius 3 is 2.43 bits per heavy atom. The van der Waals surface area contributed by atoms with Crippen molar-refractivity contribution in [2.75, 3.05) is 46.7 Å². The van der Waals surface area contributed by atoms with Crippen LogP contribution in [0.5, 0.6) is 23.0 Å². The van der Waals surface area contributed by atoms with Gasteiger partial charge in [-0.25, -0.2) is 4.79 Å². The summed E-state index contributed by atoms with van der Waals surface area (Å²) in [7, 11) is 1.52. The van der Waals surface area contributed by atoms with E-state index in [-0.39, 0.29) is 49.6 Å². The number of benzene rings is 2. The number of aliphatic hydroxyl groups excluding tert-OH is 2. The van der Waals surface area contributed by atoms with Gasteiger partial charge < -0.3 is 38.7 Å². The summed E-state index contributed by atoms with van der Waals surface area (Å²) < 4.78 is 32.1. The lowest BCUT2D eigenvalue weighted by atomic mass is 9.55. The molecule has 0 spiro atoms. The average molecular weight is 805 g/mol. The van der Waals surface area contributed by atoms with Crippen LogP contribution in [0.25, 0.3) is 0 Å². The fourth-order valence-electron chi connectivity index (χ4n) is 8.83. The maximum atomic E-state index is 14.3. The Bertz CT molecular complexity index is 1770. The Labute approximate surface area is 344 Å². The van der Waals surface area contributed by atoms with Gasteiger partial charge in [0, 0.05) is 37.7 Å². The molecule has 3 aliphatic rings. The van der Waals surface area contributed by atoms with Crippen molar-refractivity contribution in [2.24, 2.45) is 28.3 Å². The van der Waals surface area contributed by atoms with E-state index in [1.165, 1.54) is 7.11 Å². The largest absolute Gasteiger partial charge is 0.496 e. The number of fused-ring (bicyclic) bond motifs is 2. The van der Waals surface area contributed by atoms with Gasteiger partial charge in [-0.05, 0) is 98.2 Å². The van der Waals surface area contributed by atoms with Gasteiger partial charge in [-0.15, -0.1) is 6.58 Å². The van der Waals surface area contributed by atoms with Gasteiger partial charge in [0.25, 0.3) is 0 Å². The lowest BCUT2D eigenvalue weighted by molar-refractivity contribution is -0.255. The van der Waals surface area contributed by atoms with Gasteiger partial charge in [0.1, 0.15) is 35.6 Å². The van der Waals surface area contributed by atoms with Crippen molar-refractivity contribution in [2.45, 2.75) is 104 Å². The number of carbonyl (C=O) groups is 2. The molecule has 0 saturated heterocycles. The highest BCUT2D eigenvalue weighted by Gasteiger charge is 2.65. The molecule has 58 heavy (non-hydrogen) atoms. The van der Waals surface area contributed by atoms with Crippen molar-refractivity contribution in [3.63, 3.8) is 0 Å². The number of oxime groups is 1. The van der Waals surface area contributed by atoms with E-state index in [0.717, 1.165) is 48.8 Å². The lowest BCUT2D eigenvalue weighted by Crippen LogP contribution is -2.70. The zero-order chi connectivity index (χ0) is 41.9. The maximum absolute atomic E-state index is 14.3. The minimum atomic E-state index is -1.39. The zero-order valence-electron chi connectivity index (χ0n) is 35.2. The Balaban J connectivity index is 1.76. The highest BCUT2D eigenvalue weighted by Crippen LogP contribution is 2.62. The van der Waals surface area contributed by atoms with Crippen LogP contribution in [0.2, 0.25) is 0 Å². The first kappa shape index (κ1) is 44.7. The smallest absolute Gasteiger partial charge is 0.410 e. The molecule has 1 fully saturated rings. The quantitative estimate of drug-likeness (QED) is 0.0543. The second-order valence-electron chi connectivity index (χ2n) is 16.6. The molecule has 5 rings (SSSR count). The Kier molecular flexibility index (Phi) is 15.8. The average Bonchev–Trinajstić information content (AvgIpc) is 3.21. The number of hydrogen-bond acceptors (Lipinski definition) is 11. The molecule has 1 heterocycles. The SMILES string of the molecule is C=CCO[C@@]12Oc3ccc(Oc4ccc(OC)c(C=O)c4)cc3[C@H]3[C@H](CCCCO)[C@@H](CCCCO)C=C(C(=NOCC)C[C@@H]1N(CCC)C(=O)OCC(C)(C)C)[C@H]32. The summed E-state index contributed by atoms with van der Waals surface area (Å²) >= 11 is 0. The molecule has 1 aliphatic heterocycles. The van der Waals surface area contributed by atoms with Crippen LogP contribution < -0.4 is 14.2 Å². The van der Waals surface area contributed by atoms with Crippen LogP contribution >= 0.6 is 0 Å². The van der Waals surface area contributed by atoms with Gasteiger partial charge in [-0.3, -0.25) is 9.69 Å². The molecule has 1 saturated carbocycles. The van der Waals surface area contributed by atoms with Gasteiger partial charge in [-0.1, -0.05) is 57.8 Å². The van der Waals surface area contributed by atoms with Crippen LogP contribution in [0, 0.1) is 23.2 Å². The molecule has 1 amide bonds. The monoisotopic (exact) mass is 804 g/mol. The molecule has 12 nitrogen and oxygen atoms in total. The van der Waals surface area contributed by atoms with E-state index < -0.39 is 23.8 Å². The molecule has 6 atom stereocenters. The molecular weight excluding hydrogens is 741 g/mol. The molecule has 12 heteroatoms. The van der Waals surface area contributed by atoms with Crippen molar-refractivity contribution < 1.29 is 48.3 Å². The number of rotatable bonds is 21. The Hall–Kier alpha value is -4.39. The Morgan fingerprint density at radius 1 is 1.05 bits per heavy atom. The third-order valence-electron chi connectivity index (χ3n) is 11.2. The molecule has 0 radical (unpaired) electrons. The van der Waals surface area contributed by atoms with Crippen LogP contribution in [0.3, 0.4) is 0 Å². The predicted octanol–water partition coefficient (Wildman–Crippen LogP) is 8.85. The van der Waals surface area contributed by atoms with Crippen molar-refractivity contribution in [1.82, 2.24) is 4.90 Å². The van der Waals surface area contributed by atoms with E-state index in [1.807, 2.05) is 52.8 Å². The van der Waals surface area contributed by atoms with Crippen molar-refractivity contribution in [3.05, 3.63) is 71.8 Å². The van der Waals surface area contributed by atoms with Gasteiger partial charge in [-0.2, -0.15) is 0 Å². The maximum Gasteiger partial charge on any atom is 0.410 e. The number of ether oxygens (including phenoxy) is 5. The fraction of sp³-hybridized carbons (Fsp3) is 0.587. The number of aliphatic hydroxyl groups is 2. The van der Waals surface area contributed by atoms with Crippen molar-refractivity contribution >= 4 is 18.1 Å². The third kappa shape index (κ3) is 10.1. The van der Waals surface area contributed by atoms with Crippen molar-refractivity contribution in [1.29, 1.82) is 0 Å². The lowest BCUT2D eigenvalue weighted by Gasteiger charge is -2.60. The fourth-order valence-corrected chi connectivity index (χ4v) is 8.83. The summed E-state index contributed by atoms with van der Waals surface area (Å²) in [4.78, 5) is 33.8. The first-order valence-corrected chi connectivity index (χ1v) is 20.9. The van der Waals surface area contributed by atoms with E-state index in [9.17, 15) is 19.8 Å². The molecule has 0 aromatic heterocycles. The summed E-state index contributed by atoms with van der Waals surface area (Å²) in [5.41, 5.74) is 2.72. The summed E-state index contributed by atoms with van der Waals surface area (Å²) in [6.45, 7) is 15.3. The summed E-state index contributed by atoms with van der Waals surface area (Å²) in [6.07, 6.45) is 9.84. The molecule has 2 aliphatic carbocycles. The molecule has 0 unspecified atom stereocenters. The molecule has 2 aromatic rings. The second-order valence-corrected chi connectivity index (χ2v) is 16.6. The van der Waals surface area contributed by atoms with Gasteiger partial charge in [0.05, 0.1) is 37.5 Å². The summed E-state index contributed by atoms with van der Waals surface area (Å²) in [5, 5.41) is 24.5. The number of hydrogen-bond donors (Lipinski definition) is 2. The number of amides is 1. The van der Waals surface area contributed by atoms with Gasteiger partial charge in [0.15, 0.2) is 6.29 Å². The number of nitrogens with zero attached hydrogens (tertiary/aromatic N) is 2. The van der Waals surface area contributed by atoms with E-state index >= 15 is 0 Å². The first-order chi connectivity index (χ1) is 28.0. The number of carbonyl (C=O) groups excluding carboxylic acids is 2. The number of unbranched alkanes of at least 4 members (excludes halogenated alkanes) is 2. The third-order valence-corrected chi connectivity index (χ3v) is 11.2. The molecule has 0 bridgehead atoms. The van der Waals surface area contributed by atoms with Crippen LogP contribution in [0.1, 0.15) is 108 Å². The molecule has 318 valence electrons. The molecular formula is C46H64N2O10. The van der Waals surface area contributed by atoms with E-state index in [4.69, 9.17) is 33.7 Å². The van der Waals surface area contributed by atoms with Crippen LogP contribution in [-0.4, -0.2) is 91.7 Å². The predicted molar refractivity (Wildman–Crippen MR) is 223 cm³/mol. The zero-order valence-corrected chi connectivity index (χ0v) is 35.2. The number of methoxy groups -OCH3 is 1. The number of allylic oxidation sites excluding steroid dienone is 1.